The zero-order valence-corrected chi connectivity index (χ0v) is 8.79. The monoisotopic (exact) mass is 241 g/mol. The van der Waals surface area contributed by atoms with E-state index in [9.17, 15) is 4.79 Å². The first-order valence-electron chi connectivity index (χ1n) is 3.83. The fourth-order valence-electron chi connectivity index (χ4n) is 0.861. The molecule has 0 aromatic carbocycles. The number of carbonyl (C=O) groups is 1. The van der Waals surface area contributed by atoms with E-state index in [2.05, 4.69) is 25.1 Å². The molecular formula is C7H4ClN5OS. The minimum Gasteiger partial charge on any atom is -0.295 e. The van der Waals surface area contributed by atoms with Crippen LogP contribution < -0.4 is 5.32 Å². The summed E-state index contributed by atoms with van der Waals surface area (Å²) in [6, 6.07) is 3.11. The molecule has 0 radical (unpaired) electrons. The van der Waals surface area contributed by atoms with E-state index >= 15 is 0 Å². The van der Waals surface area contributed by atoms with Gasteiger partial charge >= 0.3 is 0 Å². The van der Waals surface area contributed by atoms with E-state index in [1.807, 2.05) is 0 Å². The standard InChI is InChI=1S/C7H4ClN5OS/c8-5-2-1-4(3-9-5)6(14)10-7-11-12-13-15-7/h1-3H,(H,10,11,13,14). The maximum atomic E-state index is 11.5. The molecule has 76 valence electrons. The second kappa shape index (κ2) is 4.28. The van der Waals surface area contributed by atoms with Crippen LogP contribution in [0.4, 0.5) is 5.13 Å². The largest absolute Gasteiger partial charge is 0.295 e. The van der Waals surface area contributed by atoms with Gasteiger partial charge in [-0.2, -0.15) is 0 Å². The highest BCUT2D eigenvalue weighted by atomic mass is 35.5. The molecule has 0 aliphatic rings. The summed E-state index contributed by atoms with van der Waals surface area (Å²) >= 11 is 6.58. The molecule has 0 saturated carbocycles. The Morgan fingerprint density at radius 2 is 2.33 bits per heavy atom. The van der Waals surface area contributed by atoms with Gasteiger partial charge in [0.1, 0.15) is 5.15 Å². The number of pyridine rings is 1. The third-order valence-electron chi connectivity index (χ3n) is 1.51. The van der Waals surface area contributed by atoms with Gasteiger partial charge in [0.05, 0.1) is 5.56 Å². The molecule has 0 aliphatic carbocycles. The number of anilines is 1. The third-order valence-corrected chi connectivity index (χ3v) is 2.24. The molecule has 0 fully saturated rings. The summed E-state index contributed by atoms with van der Waals surface area (Å²) in [4.78, 5) is 15.3. The van der Waals surface area contributed by atoms with Gasteiger partial charge in [-0.25, -0.2) is 4.98 Å². The van der Waals surface area contributed by atoms with E-state index < -0.39 is 0 Å². The van der Waals surface area contributed by atoms with Gasteiger partial charge in [-0.05, 0) is 17.3 Å². The quantitative estimate of drug-likeness (QED) is 0.800. The van der Waals surface area contributed by atoms with Crippen LogP contribution in [-0.4, -0.2) is 25.7 Å². The first kappa shape index (κ1) is 9.94. The number of amides is 1. The summed E-state index contributed by atoms with van der Waals surface area (Å²) in [7, 11) is 0. The summed E-state index contributed by atoms with van der Waals surface area (Å²) in [5, 5.41) is 10.1. The van der Waals surface area contributed by atoms with Gasteiger partial charge < -0.3 is 0 Å². The zero-order chi connectivity index (χ0) is 10.7. The van der Waals surface area contributed by atoms with Crippen LogP contribution in [0.15, 0.2) is 18.3 Å². The fraction of sp³-hybridized carbons (Fsp3) is 0. The van der Waals surface area contributed by atoms with Gasteiger partial charge in [0.15, 0.2) is 0 Å². The Morgan fingerprint density at radius 1 is 1.47 bits per heavy atom. The van der Waals surface area contributed by atoms with Crippen LogP contribution >= 0.6 is 23.1 Å². The summed E-state index contributed by atoms with van der Waals surface area (Å²) in [5.74, 6) is -0.322. The van der Waals surface area contributed by atoms with Gasteiger partial charge in [-0.15, -0.1) is 0 Å². The van der Waals surface area contributed by atoms with Crippen LogP contribution in [0.2, 0.25) is 5.15 Å². The molecule has 2 heterocycles. The highest BCUT2D eigenvalue weighted by Gasteiger charge is 2.08. The number of aromatic nitrogens is 4. The van der Waals surface area contributed by atoms with Crippen molar-refractivity contribution in [3.8, 4) is 0 Å². The number of hydrogen-bond donors (Lipinski definition) is 1. The third kappa shape index (κ3) is 2.45. The number of carbonyl (C=O) groups excluding carboxylic acids is 1. The van der Waals surface area contributed by atoms with Crippen molar-refractivity contribution < 1.29 is 4.79 Å². The predicted octanol–water partition coefficient (Wildman–Crippen LogP) is 1.23. The summed E-state index contributed by atoms with van der Waals surface area (Å²) in [6.07, 6.45) is 1.38. The van der Waals surface area contributed by atoms with Crippen molar-refractivity contribution in [2.45, 2.75) is 0 Å². The van der Waals surface area contributed by atoms with Gasteiger partial charge in [0.25, 0.3) is 5.91 Å². The Morgan fingerprint density at radius 3 is 2.93 bits per heavy atom. The lowest BCUT2D eigenvalue weighted by Gasteiger charge is -1.99. The lowest BCUT2D eigenvalue weighted by molar-refractivity contribution is 0.102. The molecule has 1 amide bonds. The molecule has 0 spiro atoms. The molecule has 0 aliphatic heterocycles. The van der Waals surface area contributed by atoms with Crippen LogP contribution in [-0.2, 0) is 0 Å². The van der Waals surface area contributed by atoms with E-state index in [1.54, 1.807) is 6.07 Å². The van der Waals surface area contributed by atoms with Gasteiger partial charge in [-0.1, -0.05) is 21.2 Å². The second-order valence-corrected chi connectivity index (χ2v) is 3.61. The first-order chi connectivity index (χ1) is 7.25. The zero-order valence-electron chi connectivity index (χ0n) is 7.22. The van der Waals surface area contributed by atoms with Crippen molar-refractivity contribution in [1.29, 1.82) is 0 Å². The van der Waals surface area contributed by atoms with Gasteiger partial charge in [0, 0.05) is 17.7 Å². The Labute approximate surface area is 93.5 Å². The summed E-state index contributed by atoms with van der Waals surface area (Å²) in [5.41, 5.74) is 0.398. The van der Waals surface area contributed by atoms with Crippen molar-refractivity contribution >= 4 is 34.2 Å². The maximum absolute atomic E-state index is 11.5. The van der Waals surface area contributed by atoms with Crippen molar-refractivity contribution in [1.82, 2.24) is 19.8 Å². The number of halogens is 1. The molecule has 1 N–H and O–H groups in total. The maximum Gasteiger partial charge on any atom is 0.259 e. The fourth-order valence-corrected chi connectivity index (χ4v) is 1.33. The van der Waals surface area contributed by atoms with Gasteiger partial charge in [-0.3, -0.25) is 10.1 Å². The lowest BCUT2D eigenvalue weighted by atomic mass is 10.3. The molecular weight excluding hydrogens is 238 g/mol. The average Bonchev–Trinajstić information content (AvgIpc) is 2.71. The minimum absolute atomic E-state index is 0.322. The highest BCUT2D eigenvalue weighted by Crippen LogP contribution is 2.09. The molecule has 0 saturated heterocycles. The van der Waals surface area contributed by atoms with Crippen LogP contribution in [0.1, 0.15) is 10.4 Å². The highest BCUT2D eigenvalue weighted by molar-refractivity contribution is 7.09. The molecule has 0 unspecified atom stereocenters. The van der Waals surface area contributed by atoms with Crippen molar-refractivity contribution in [2.24, 2.45) is 0 Å². The molecule has 2 rings (SSSR count). The lowest BCUT2D eigenvalue weighted by Crippen LogP contribution is -2.11. The average molecular weight is 242 g/mol. The van der Waals surface area contributed by atoms with Crippen LogP contribution in [0, 0.1) is 0 Å². The summed E-state index contributed by atoms with van der Waals surface area (Å²) in [6.45, 7) is 0. The van der Waals surface area contributed by atoms with E-state index in [1.165, 1.54) is 12.3 Å². The summed E-state index contributed by atoms with van der Waals surface area (Å²) < 4.78 is 3.51. The Hall–Kier alpha value is -1.60. The molecule has 2 aromatic rings. The first-order valence-corrected chi connectivity index (χ1v) is 4.99. The van der Waals surface area contributed by atoms with Crippen LogP contribution in [0.25, 0.3) is 0 Å². The topological polar surface area (TPSA) is 80.7 Å². The molecule has 6 nitrogen and oxygen atoms in total. The second-order valence-electron chi connectivity index (χ2n) is 2.49. The van der Waals surface area contributed by atoms with Crippen LogP contribution in [0.5, 0.6) is 0 Å². The van der Waals surface area contributed by atoms with Crippen molar-refractivity contribution in [2.75, 3.05) is 5.32 Å². The SMILES string of the molecule is O=C(Nc1nnns1)c1ccc(Cl)nc1. The van der Waals surface area contributed by atoms with Crippen LogP contribution in [0.3, 0.4) is 0 Å². The number of nitrogens with one attached hydrogen (secondary N) is 1. The van der Waals surface area contributed by atoms with E-state index in [-0.39, 0.29) is 5.91 Å². The molecule has 0 atom stereocenters. The smallest absolute Gasteiger partial charge is 0.259 e. The van der Waals surface area contributed by atoms with Crippen molar-refractivity contribution in [3.63, 3.8) is 0 Å². The number of hydrogen-bond acceptors (Lipinski definition) is 6. The molecule has 2 aromatic heterocycles. The van der Waals surface area contributed by atoms with E-state index in [4.69, 9.17) is 11.6 Å². The van der Waals surface area contributed by atoms with E-state index in [0.717, 1.165) is 11.5 Å². The molecule has 15 heavy (non-hydrogen) atoms. The number of nitrogens with zero attached hydrogens (tertiary/aromatic N) is 4. The number of rotatable bonds is 2. The Bertz CT molecular complexity index is 457. The Kier molecular flexibility index (Phi) is 2.84. The minimum atomic E-state index is -0.322. The normalized spacial score (nSPS) is 9.93. The molecule has 8 heteroatoms. The van der Waals surface area contributed by atoms with Gasteiger partial charge in [0.2, 0.25) is 5.13 Å². The Balaban J connectivity index is 2.11. The van der Waals surface area contributed by atoms with Crippen molar-refractivity contribution in [3.05, 3.63) is 29.0 Å². The predicted molar refractivity (Wildman–Crippen MR) is 54.9 cm³/mol. The van der Waals surface area contributed by atoms with E-state index in [0.29, 0.717) is 15.8 Å². The molecule has 0 bridgehead atoms.